The van der Waals surface area contributed by atoms with E-state index in [1.165, 1.54) is 14.0 Å². The summed E-state index contributed by atoms with van der Waals surface area (Å²) in [7, 11) is 1.35. The molecule has 0 aliphatic carbocycles. The van der Waals surface area contributed by atoms with Crippen LogP contribution in [-0.2, 0) is 0 Å². The minimum Gasteiger partial charge on any atom is -0.504 e. The first-order chi connectivity index (χ1) is 6.49. The number of aromatic hydroxyl groups is 1. The number of phenols is 1. The van der Waals surface area contributed by atoms with Crippen molar-refractivity contribution in [3.63, 3.8) is 0 Å². The van der Waals surface area contributed by atoms with Crippen molar-refractivity contribution in [2.45, 2.75) is 13.0 Å². The van der Waals surface area contributed by atoms with E-state index in [1.54, 1.807) is 0 Å². The van der Waals surface area contributed by atoms with E-state index >= 15 is 0 Å². The van der Waals surface area contributed by atoms with Gasteiger partial charge in [0.05, 0.1) is 23.2 Å². The van der Waals surface area contributed by atoms with Crippen molar-refractivity contribution in [1.82, 2.24) is 0 Å². The molecule has 3 nitrogen and oxygen atoms in total. The van der Waals surface area contributed by atoms with Gasteiger partial charge in [0.1, 0.15) is 5.82 Å². The molecule has 78 valence electrons. The molecule has 0 saturated heterocycles. The Balaban J connectivity index is 3.44. The summed E-state index contributed by atoms with van der Waals surface area (Å²) in [6, 6.07) is 1.14. The predicted octanol–water partition coefficient (Wildman–Crippen LogP) is 2.36. The molecular weight excluding hydrogens is 255 g/mol. The summed E-state index contributed by atoms with van der Waals surface area (Å²) in [5, 5.41) is 18.8. The van der Waals surface area contributed by atoms with Crippen molar-refractivity contribution >= 4 is 15.9 Å². The van der Waals surface area contributed by atoms with Gasteiger partial charge < -0.3 is 14.9 Å². The Morgan fingerprint density at radius 2 is 2.14 bits per heavy atom. The van der Waals surface area contributed by atoms with E-state index in [4.69, 9.17) is 4.74 Å². The van der Waals surface area contributed by atoms with Gasteiger partial charge >= 0.3 is 0 Å². The lowest BCUT2D eigenvalue weighted by atomic mass is 10.1. The number of ether oxygens (including phenoxy) is 1. The van der Waals surface area contributed by atoms with Crippen LogP contribution in [0.5, 0.6) is 11.5 Å². The molecule has 1 rings (SSSR count). The zero-order chi connectivity index (χ0) is 10.9. The van der Waals surface area contributed by atoms with Gasteiger partial charge in [0.2, 0.25) is 0 Å². The fraction of sp³-hybridized carbons (Fsp3) is 0.333. The smallest absolute Gasteiger partial charge is 0.175 e. The van der Waals surface area contributed by atoms with Crippen LogP contribution >= 0.6 is 15.9 Å². The summed E-state index contributed by atoms with van der Waals surface area (Å²) in [6.45, 7) is 1.37. The minimum atomic E-state index is -1.09. The van der Waals surface area contributed by atoms with Crippen molar-refractivity contribution in [2.75, 3.05) is 7.11 Å². The number of phenolic OH excluding ortho intramolecular Hbond substituents is 1. The Hall–Kier alpha value is -0.810. The van der Waals surface area contributed by atoms with E-state index in [2.05, 4.69) is 15.9 Å². The number of aliphatic hydroxyl groups is 1. The van der Waals surface area contributed by atoms with Gasteiger partial charge in [-0.2, -0.15) is 0 Å². The topological polar surface area (TPSA) is 49.7 Å². The molecule has 1 unspecified atom stereocenters. The molecule has 14 heavy (non-hydrogen) atoms. The van der Waals surface area contributed by atoms with Crippen LogP contribution in [0, 0.1) is 5.82 Å². The lowest BCUT2D eigenvalue weighted by Gasteiger charge is -2.13. The number of methoxy groups -OCH3 is 1. The van der Waals surface area contributed by atoms with Gasteiger partial charge in [-0.25, -0.2) is 4.39 Å². The first-order valence-electron chi connectivity index (χ1n) is 3.92. The molecule has 1 aromatic rings. The highest BCUT2D eigenvalue weighted by molar-refractivity contribution is 9.10. The van der Waals surface area contributed by atoms with Crippen LogP contribution in [-0.4, -0.2) is 17.3 Å². The zero-order valence-electron chi connectivity index (χ0n) is 7.71. The van der Waals surface area contributed by atoms with E-state index in [9.17, 15) is 14.6 Å². The maximum absolute atomic E-state index is 13.3. The highest BCUT2D eigenvalue weighted by Crippen LogP contribution is 2.41. The molecule has 1 atom stereocenters. The summed E-state index contributed by atoms with van der Waals surface area (Å²) in [5.74, 6) is -0.943. The van der Waals surface area contributed by atoms with E-state index in [0.29, 0.717) is 4.47 Å². The average Bonchev–Trinajstić information content (AvgIpc) is 2.02. The van der Waals surface area contributed by atoms with Gasteiger partial charge in [-0.15, -0.1) is 0 Å². The van der Waals surface area contributed by atoms with Gasteiger partial charge in [0.25, 0.3) is 0 Å². The maximum atomic E-state index is 13.3. The van der Waals surface area contributed by atoms with Gasteiger partial charge in [-0.1, -0.05) is 0 Å². The van der Waals surface area contributed by atoms with Crippen molar-refractivity contribution < 1.29 is 19.3 Å². The first kappa shape index (κ1) is 11.3. The monoisotopic (exact) mass is 264 g/mol. The Morgan fingerprint density at radius 1 is 1.57 bits per heavy atom. The number of rotatable bonds is 2. The Bertz CT molecular complexity index is 352. The average molecular weight is 265 g/mol. The lowest BCUT2D eigenvalue weighted by Crippen LogP contribution is -1.99. The van der Waals surface area contributed by atoms with Crippen LogP contribution in [0.25, 0.3) is 0 Å². The summed E-state index contributed by atoms with van der Waals surface area (Å²) in [6.07, 6.45) is -1.09. The molecule has 1 aromatic carbocycles. The largest absolute Gasteiger partial charge is 0.504 e. The Morgan fingerprint density at radius 3 is 2.57 bits per heavy atom. The summed E-state index contributed by atoms with van der Waals surface area (Å²) >= 11 is 3.03. The molecule has 0 radical (unpaired) electrons. The third-order valence-corrected chi connectivity index (χ3v) is 2.41. The predicted molar refractivity (Wildman–Crippen MR) is 53.0 cm³/mol. The molecule has 0 spiro atoms. The van der Waals surface area contributed by atoms with E-state index in [1.807, 2.05) is 0 Å². The Kier molecular flexibility index (Phi) is 3.34. The van der Waals surface area contributed by atoms with Gasteiger partial charge in [0, 0.05) is 0 Å². The first-order valence-corrected chi connectivity index (χ1v) is 4.71. The summed E-state index contributed by atoms with van der Waals surface area (Å²) in [4.78, 5) is 0. The molecule has 0 saturated carbocycles. The van der Waals surface area contributed by atoms with Gasteiger partial charge in [-0.3, -0.25) is 0 Å². The molecule has 0 amide bonds. The Labute approximate surface area is 89.3 Å². The third-order valence-electron chi connectivity index (χ3n) is 1.82. The van der Waals surface area contributed by atoms with Crippen LogP contribution in [0.1, 0.15) is 18.6 Å². The van der Waals surface area contributed by atoms with Crippen LogP contribution in [0.3, 0.4) is 0 Å². The van der Waals surface area contributed by atoms with Crippen LogP contribution in [0.4, 0.5) is 4.39 Å². The molecule has 5 heteroatoms. The van der Waals surface area contributed by atoms with Gasteiger partial charge in [-0.05, 0) is 28.9 Å². The highest BCUT2D eigenvalue weighted by Gasteiger charge is 2.20. The second kappa shape index (κ2) is 4.14. The summed E-state index contributed by atoms with van der Waals surface area (Å²) < 4.78 is 18.4. The van der Waals surface area contributed by atoms with Crippen molar-refractivity contribution in [3.05, 3.63) is 21.9 Å². The molecule has 0 aromatic heterocycles. The molecule has 0 fully saturated rings. The van der Waals surface area contributed by atoms with Crippen LogP contribution < -0.4 is 4.74 Å². The number of hydrogen-bond acceptors (Lipinski definition) is 3. The van der Waals surface area contributed by atoms with Crippen molar-refractivity contribution in [1.29, 1.82) is 0 Å². The quantitative estimate of drug-likeness (QED) is 0.862. The molecule has 0 aliphatic heterocycles. The van der Waals surface area contributed by atoms with E-state index in [0.717, 1.165) is 6.07 Å². The molecule has 0 bridgehead atoms. The standard InChI is InChI=1S/C9H10BrFO3/c1-4(12)7-6(11)3-5(10)9(14-2)8(7)13/h3-4,12-13H,1-2H3. The third kappa shape index (κ3) is 1.83. The second-order valence-electron chi connectivity index (χ2n) is 2.81. The molecule has 0 heterocycles. The lowest BCUT2D eigenvalue weighted by molar-refractivity contribution is 0.188. The fourth-order valence-electron chi connectivity index (χ4n) is 1.19. The SMILES string of the molecule is COc1c(Br)cc(F)c(C(C)O)c1O. The molecule has 2 N–H and O–H groups in total. The van der Waals surface area contributed by atoms with Gasteiger partial charge in [0.15, 0.2) is 11.5 Å². The number of aliphatic hydroxyl groups excluding tert-OH is 1. The summed E-state index contributed by atoms with van der Waals surface area (Å²) in [5.41, 5.74) is -0.162. The maximum Gasteiger partial charge on any atom is 0.175 e. The zero-order valence-corrected chi connectivity index (χ0v) is 9.30. The number of hydrogen-bond donors (Lipinski definition) is 2. The van der Waals surface area contributed by atoms with Crippen LogP contribution in [0.15, 0.2) is 10.5 Å². The van der Waals surface area contributed by atoms with E-state index in [-0.39, 0.29) is 17.1 Å². The number of halogens is 2. The minimum absolute atomic E-state index is 0.113. The second-order valence-corrected chi connectivity index (χ2v) is 3.67. The molecule has 0 aliphatic rings. The fourth-order valence-corrected chi connectivity index (χ4v) is 1.75. The van der Waals surface area contributed by atoms with Crippen LogP contribution in [0.2, 0.25) is 0 Å². The van der Waals surface area contributed by atoms with Crippen molar-refractivity contribution in [2.24, 2.45) is 0 Å². The van der Waals surface area contributed by atoms with E-state index < -0.39 is 11.9 Å². The highest BCUT2D eigenvalue weighted by atomic mass is 79.9. The molecular formula is C9H10BrFO3. The number of benzene rings is 1. The normalized spacial score (nSPS) is 12.6. The van der Waals surface area contributed by atoms with Crippen molar-refractivity contribution in [3.8, 4) is 11.5 Å².